The van der Waals surface area contributed by atoms with Gasteiger partial charge in [0.1, 0.15) is 0 Å². The first-order valence-electron chi connectivity index (χ1n) is 5.98. The molecule has 0 aromatic heterocycles. The molecule has 5 heteroatoms. The summed E-state index contributed by atoms with van der Waals surface area (Å²) in [5, 5.41) is 0. The van der Waals surface area contributed by atoms with E-state index in [1.165, 1.54) is 4.31 Å². The number of ketones is 1. The molecule has 0 saturated carbocycles. The molecule has 1 aromatic carbocycles. The van der Waals surface area contributed by atoms with Gasteiger partial charge in [-0.25, -0.2) is 8.42 Å². The Morgan fingerprint density at radius 1 is 1.33 bits per heavy atom. The topological polar surface area (TPSA) is 54.5 Å². The first kappa shape index (κ1) is 13.2. The zero-order chi connectivity index (χ0) is 13.3. The summed E-state index contributed by atoms with van der Waals surface area (Å²) in [4.78, 5) is 12.2. The van der Waals surface area contributed by atoms with E-state index >= 15 is 0 Å². The van der Waals surface area contributed by atoms with Gasteiger partial charge in [0, 0.05) is 12.1 Å². The fourth-order valence-corrected chi connectivity index (χ4v) is 3.62. The Bertz CT molecular complexity index is 578. The standard InChI is InChI=1S/C13H17NO3S/c1-10-4-5-11(2)12(8-10)13(15)9-14-6-3-7-18(14,16)17/h4-5,8H,3,6-7,9H2,1-2H3. The van der Waals surface area contributed by atoms with Crippen molar-refractivity contribution in [3.8, 4) is 0 Å². The monoisotopic (exact) mass is 267 g/mol. The third-order valence-electron chi connectivity index (χ3n) is 3.22. The lowest BCUT2D eigenvalue weighted by Crippen LogP contribution is -2.31. The Kier molecular flexibility index (Phi) is 3.54. The molecule has 1 aliphatic heterocycles. The second kappa shape index (κ2) is 4.82. The van der Waals surface area contributed by atoms with Crippen LogP contribution in [0.2, 0.25) is 0 Å². The zero-order valence-electron chi connectivity index (χ0n) is 10.6. The van der Waals surface area contributed by atoms with E-state index in [2.05, 4.69) is 0 Å². The molecule has 4 nitrogen and oxygen atoms in total. The molecule has 0 N–H and O–H groups in total. The van der Waals surface area contributed by atoms with Gasteiger partial charge in [0.15, 0.2) is 5.78 Å². The number of carbonyl (C=O) groups is 1. The Labute approximate surface area is 108 Å². The Morgan fingerprint density at radius 2 is 2.06 bits per heavy atom. The predicted molar refractivity (Wildman–Crippen MR) is 70.2 cm³/mol. The second-order valence-electron chi connectivity index (χ2n) is 4.74. The quantitative estimate of drug-likeness (QED) is 0.780. The molecule has 1 aliphatic rings. The molecule has 0 bridgehead atoms. The Balaban J connectivity index is 2.20. The van der Waals surface area contributed by atoms with E-state index in [0.717, 1.165) is 11.1 Å². The first-order chi connectivity index (χ1) is 8.40. The Hall–Kier alpha value is -1.20. The van der Waals surface area contributed by atoms with Crippen LogP contribution in [0.5, 0.6) is 0 Å². The lowest BCUT2D eigenvalue weighted by atomic mass is 10.0. The summed E-state index contributed by atoms with van der Waals surface area (Å²) in [6, 6.07) is 5.65. The van der Waals surface area contributed by atoms with Crippen molar-refractivity contribution in [3.63, 3.8) is 0 Å². The van der Waals surface area contributed by atoms with Crippen LogP contribution in [0.1, 0.15) is 27.9 Å². The van der Waals surface area contributed by atoms with E-state index in [-0.39, 0.29) is 18.1 Å². The fraction of sp³-hybridized carbons (Fsp3) is 0.462. The van der Waals surface area contributed by atoms with Crippen molar-refractivity contribution in [2.45, 2.75) is 20.3 Å². The average molecular weight is 267 g/mol. The summed E-state index contributed by atoms with van der Waals surface area (Å²) in [7, 11) is -3.20. The molecule has 0 spiro atoms. The maximum Gasteiger partial charge on any atom is 0.214 e. The van der Waals surface area contributed by atoms with Gasteiger partial charge in [-0.15, -0.1) is 0 Å². The molecule has 18 heavy (non-hydrogen) atoms. The van der Waals surface area contributed by atoms with E-state index < -0.39 is 10.0 Å². The third-order valence-corrected chi connectivity index (χ3v) is 5.12. The highest BCUT2D eigenvalue weighted by molar-refractivity contribution is 7.89. The van der Waals surface area contributed by atoms with Crippen molar-refractivity contribution >= 4 is 15.8 Å². The van der Waals surface area contributed by atoms with Gasteiger partial charge in [-0.1, -0.05) is 17.7 Å². The minimum Gasteiger partial charge on any atom is -0.293 e. The fourth-order valence-electron chi connectivity index (χ4n) is 2.15. The summed E-state index contributed by atoms with van der Waals surface area (Å²) >= 11 is 0. The Morgan fingerprint density at radius 3 is 2.67 bits per heavy atom. The predicted octanol–water partition coefficient (Wildman–Crippen LogP) is 1.52. The molecule has 0 amide bonds. The molecular formula is C13H17NO3S. The van der Waals surface area contributed by atoms with Gasteiger partial charge < -0.3 is 0 Å². The first-order valence-corrected chi connectivity index (χ1v) is 7.59. The van der Waals surface area contributed by atoms with Crippen LogP contribution in [-0.4, -0.2) is 37.3 Å². The number of aryl methyl sites for hydroxylation is 2. The van der Waals surface area contributed by atoms with Gasteiger partial charge in [-0.05, 0) is 31.9 Å². The smallest absolute Gasteiger partial charge is 0.214 e. The number of benzene rings is 1. The number of carbonyl (C=O) groups excluding carboxylic acids is 1. The maximum atomic E-state index is 12.2. The van der Waals surface area contributed by atoms with E-state index in [1.807, 2.05) is 32.0 Å². The molecule has 98 valence electrons. The number of sulfonamides is 1. The highest BCUT2D eigenvalue weighted by Crippen LogP contribution is 2.16. The number of nitrogens with zero attached hydrogens (tertiary/aromatic N) is 1. The van der Waals surface area contributed by atoms with Gasteiger partial charge in [0.05, 0.1) is 12.3 Å². The van der Waals surface area contributed by atoms with Crippen LogP contribution in [0.4, 0.5) is 0 Å². The number of Topliss-reactive ketones (excluding diaryl/α,β-unsaturated/α-hetero) is 1. The van der Waals surface area contributed by atoms with Crippen LogP contribution in [0, 0.1) is 13.8 Å². The van der Waals surface area contributed by atoms with Gasteiger partial charge in [0.25, 0.3) is 0 Å². The molecule has 2 rings (SSSR count). The summed E-state index contributed by atoms with van der Waals surface area (Å²) in [6.45, 7) is 4.21. The summed E-state index contributed by atoms with van der Waals surface area (Å²) in [5.74, 6) is 0.0364. The van der Waals surface area contributed by atoms with Crippen molar-refractivity contribution in [1.29, 1.82) is 0 Å². The van der Waals surface area contributed by atoms with Crippen molar-refractivity contribution in [3.05, 3.63) is 34.9 Å². The molecule has 0 unspecified atom stereocenters. The van der Waals surface area contributed by atoms with Crippen LogP contribution in [0.15, 0.2) is 18.2 Å². The van der Waals surface area contributed by atoms with Gasteiger partial charge >= 0.3 is 0 Å². The largest absolute Gasteiger partial charge is 0.293 e. The van der Waals surface area contributed by atoms with E-state index in [9.17, 15) is 13.2 Å². The summed E-state index contributed by atoms with van der Waals surface area (Å²) in [5.41, 5.74) is 2.52. The minimum atomic E-state index is -3.20. The molecule has 0 aliphatic carbocycles. The third kappa shape index (κ3) is 2.62. The minimum absolute atomic E-state index is 0.0351. The van der Waals surface area contributed by atoms with Crippen molar-refractivity contribution in [2.24, 2.45) is 0 Å². The van der Waals surface area contributed by atoms with Crippen LogP contribution >= 0.6 is 0 Å². The van der Waals surface area contributed by atoms with Gasteiger partial charge in [-0.3, -0.25) is 4.79 Å². The lowest BCUT2D eigenvalue weighted by molar-refractivity contribution is 0.0968. The van der Waals surface area contributed by atoms with E-state index in [0.29, 0.717) is 18.5 Å². The molecule has 1 aromatic rings. The maximum absolute atomic E-state index is 12.2. The zero-order valence-corrected chi connectivity index (χ0v) is 11.5. The van der Waals surface area contributed by atoms with Crippen LogP contribution in [0.3, 0.4) is 0 Å². The average Bonchev–Trinajstić information content (AvgIpc) is 2.62. The van der Waals surface area contributed by atoms with Gasteiger partial charge in [0.2, 0.25) is 10.0 Å². The second-order valence-corrected chi connectivity index (χ2v) is 6.83. The highest BCUT2D eigenvalue weighted by Gasteiger charge is 2.30. The van der Waals surface area contributed by atoms with Crippen LogP contribution in [-0.2, 0) is 10.0 Å². The van der Waals surface area contributed by atoms with E-state index in [1.54, 1.807) is 0 Å². The molecular weight excluding hydrogens is 250 g/mol. The molecule has 1 fully saturated rings. The SMILES string of the molecule is Cc1ccc(C)c(C(=O)CN2CCCS2(=O)=O)c1. The normalized spacial score (nSPS) is 19.0. The highest BCUT2D eigenvalue weighted by atomic mass is 32.2. The number of hydrogen-bond donors (Lipinski definition) is 0. The number of hydrogen-bond acceptors (Lipinski definition) is 3. The van der Waals surface area contributed by atoms with Gasteiger partial charge in [-0.2, -0.15) is 4.31 Å². The molecule has 0 radical (unpaired) electrons. The van der Waals surface area contributed by atoms with Crippen LogP contribution in [0.25, 0.3) is 0 Å². The van der Waals surface area contributed by atoms with Crippen molar-refractivity contribution in [1.82, 2.24) is 4.31 Å². The van der Waals surface area contributed by atoms with Crippen molar-refractivity contribution in [2.75, 3.05) is 18.8 Å². The molecule has 1 heterocycles. The summed E-state index contributed by atoms with van der Waals surface area (Å²) < 4.78 is 24.6. The molecule has 1 saturated heterocycles. The van der Waals surface area contributed by atoms with E-state index in [4.69, 9.17) is 0 Å². The summed E-state index contributed by atoms with van der Waals surface area (Å²) in [6.07, 6.45) is 0.614. The lowest BCUT2D eigenvalue weighted by Gasteiger charge is -2.14. The van der Waals surface area contributed by atoms with Crippen molar-refractivity contribution < 1.29 is 13.2 Å². The van der Waals surface area contributed by atoms with Crippen LogP contribution < -0.4 is 0 Å². The number of rotatable bonds is 3. The molecule has 0 atom stereocenters.